The van der Waals surface area contributed by atoms with Crippen molar-refractivity contribution in [2.45, 2.75) is 53.0 Å². The van der Waals surface area contributed by atoms with E-state index < -0.39 is 0 Å². The second kappa shape index (κ2) is 7.90. The van der Waals surface area contributed by atoms with Gasteiger partial charge in [-0.05, 0) is 19.8 Å². The highest BCUT2D eigenvalue weighted by atomic mass is 16.5. The summed E-state index contributed by atoms with van der Waals surface area (Å²) in [6.45, 7) is 7.47. The number of carbonyl (C=O) groups is 1. The molecular weight excluding hydrogens is 228 g/mol. The Morgan fingerprint density at radius 2 is 2.17 bits per heavy atom. The van der Waals surface area contributed by atoms with Crippen molar-refractivity contribution < 1.29 is 9.53 Å². The molecule has 0 spiro atoms. The van der Waals surface area contributed by atoms with E-state index in [4.69, 9.17) is 4.74 Å². The number of carbonyl (C=O) groups excluding carboxylic acids is 1. The summed E-state index contributed by atoms with van der Waals surface area (Å²) in [4.78, 5) is 16.2. The number of nitrogens with zero attached hydrogens (tertiary/aromatic N) is 2. The lowest BCUT2D eigenvalue weighted by molar-refractivity contribution is -0.148. The topological polar surface area (TPSA) is 44.1 Å². The Morgan fingerprint density at radius 1 is 1.39 bits per heavy atom. The van der Waals surface area contributed by atoms with Crippen molar-refractivity contribution >= 4 is 5.97 Å². The summed E-state index contributed by atoms with van der Waals surface area (Å²) in [5, 5.41) is 0. The first-order valence-corrected chi connectivity index (χ1v) is 6.89. The molecule has 1 rings (SSSR count). The fourth-order valence-corrected chi connectivity index (χ4v) is 2.11. The first-order valence-electron chi connectivity index (χ1n) is 6.89. The fraction of sp³-hybridized carbons (Fsp3) is 0.714. The standard InChI is InChI=1S/C14H24N2O2/c1-4-7-12(14(17)18-6-3)11-13-15-8-10-16(13)9-5-2/h8,10,12H,4-7,9,11H2,1-3H3. The lowest BCUT2D eigenvalue weighted by Gasteiger charge is -2.15. The van der Waals surface area contributed by atoms with Crippen LogP contribution >= 0.6 is 0 Å². The van der Waals surface area contributed by atoms with Crippen LogP contribution in [0.15, 0.2) is 12.4 Å². The summed E-state index contributed by atoms with van der Waals surface area (Å²) in [6.07, 6.45) is 7.38. The average Bonchev–Trinajstić information content (AvgIpc) is 2.77. The number of hydrogen-bond acceptors (Lipinski definition) is 3. The zero-order valence-corrected chi connectivity index (χ0v) is 11.7. The molecule has 0 saturated heterocycles. The second-order valence-corrected chi connectivity index (χ2v) is 4.48. The van der Waals surface area contributed by atoms with Crippen molar-refractivity contribution in [2.24, 2.45) is 5.92 Å². The summed E-state index contributed by atoms with van der Waals surface area (Å²) in [5.74, 6) is 0.835. The zero-order chi connectivity index (χ0) is 13.4. The van der Waals surface area contributed by atoms with Gasteiger partial charge in [0.05, 0.1) is 12.5 Å². The largest absolute Gasteiger partial charge is 0.466 e. The van der Waals surface area contributed by atoms with Gasteiger partial charge in [0.25, 0.3) is 0 Å². The Labute approximate surface area is 109 Å². The number of esters is 1. The van der Waals surface area contributed by atoms with Crippen molar-refractivity contribution in [3.63, 3.8) is 0 Å². The van der Waals surface area contributed by atoms with Gasteiger partial charge in [-0.25, -0.2) is 4.98 Å². The molecule has 0 bridgehead atoms. The number of imidazole rings is 1. The molecule has 0 radical (unpaired) electrons. The molecule has 0 aliphatic rings. The number of aromatic nitrogens is 2. The van der Waals surface area contributed by atoms with Crippen molar-refractivity contribution in [3.05, 3.63) is 18.2 Å². The lowest BCUT2D eigenvalue weighted by Crippen LogP contribution is -2.21. The third kappa shape index (κ3) is 4.17. The van der Waals surface area contributed by atoms with E-state index >= 15 is 0 Å². The molecule has 18 heavy (non-hydrogen) atoms. The number of hydrogen-bond donors (Lipinski definition) is 0. The van der Waals surface area contributed by atoms with Crippen LogP contribution in [0.3, 0.4) is 0 Å². The van der Waals surface area contributed by atoms with Gasteiger partial charge in [0.1, 0.15) is 5.82 Å². The van der Waals surface area contributed by atoms with E-state index in [1.54, 1.807) is 6.20 Å². The molecule has 1 atom stereocenters. The van der Waals surface area contributed by atoms with Crippen LogP contribution in [-0.2, 0) is 22.5 Å². The van der Waals surface area contributed by atoms with Gasteiger partial charge in [0.2, 0.25) is 0 Å². The van der Waals surface area contributed by atoms with Gasteiger partial charge < -0.3 is 9.30 Å². The average molecular weight is 252 g/mol. The van der Waals surface area contributed by atoms with Gasteiger partial charge in [-0.15, -0.1) is 0 Å². The molecule has 0 aromatic carbocycles. The molecule has 0 fully saturated rings. The van der Waals surface area contributed by atoms with Crippen LogP contribution in [0.1, 0.15) is 45.9 Å². The number of rotatable bonds is 8. The van der Waals surface area contributed by atoms with Gasteiger partial charge in [-0.2, -0.15) is 0 Å². The first kappa shape index (κ1) is 14.7. The van der Waals surface area contributed by atoms with E-state index in [9.17, 15) is 4.79 Å². The Morgan fingerprint density at radius 3 is 2.78 bits per heavy atom. The molecule has 0 aliphatic carbocycles. The van der Waals surface area contributed by atoms with E-state index in [1.165, 1.54) is 0 Å². The van der Waals surface area contributed by atoms with Crippen LogP contribution in [0.4, 0.5) is 0 Å². The quantitative estimate of drug-likeness (QED) is 0.668. The van der Waals surface area contributed by atoms with Crippen molar-refractivity contribution in [1.29, 1.82) is 0 Å². The molecule has 0 N–H and O–H groups in total. The molecule has 1 heterocycles. The monoisotopic (exact) mass is 252 g/mol. The van der Waals surface area contributed by atoms with Crippen LogP contribution in [0.2, 0.25) is 0 Å². The molecule has 0 aliphatic heterocycles. The normalized spacial score (nSPS) is 12.4. The summed E-state index contributed by atoms with van der Waals surface area (Å²) >= 11 is 0. The molecule has 102 valence electrons. The minimum atomic E-state index is -0.0922. The highest BCUT2D eigenvalue weighted by Crippen LogP contribution is 2.15. The molecule has 1 aromatic heterocycles. The maximum atomic E-state index is 11.9. The van der Waals surface area contributed by atoms with E-state index in [2.05, 4.69) is 23.4 Å². The van der Waals surface area contributed by atoms with Gasteiger partial charge >= 0.3 is 5.97 Å². The van der Waals surface area contributed by atoms with Gasteiger partial charge in [-0.1, -0.05) is 20.3 Å². The van der Waals surface area contributed by atoms with Gasteiger partial charge in [0.15, 0.2) is 0 Å². The fourth-order valence-electron chi connectivity index (χ4n) is 2.11. The van der Waals surface area contributed by atoms with Gasteiger partial charge in [-0.3, -0.25) is 4.79 Å². The maximum absolute atomic E-state index is 11.9. The Hall–Kier alpha value is -1.32. The van der Waals surface area contributed by atoms with Gasteiger partial charge in [0, 0.05) is 25.4 Å². The third-order valence-electron chi connectivity index (χ3n) is 2.95. The molecule has 0 saturated carbocycles. The minimum absolute atomic E-state index is 0.0621. The van der Waals surface area contributed by atoms with Crippen molar-refractivity contribution in [1.82, 2.24) is 9.55 Å². The predicted molar refractivity (Wildman–Crippen MR) is 71.3 cm³/mol. The zero-order valence-electron chi connectivity index (χ0n) is 11.7. The minimum Gasteiger partial charge on any atom is -0.466 e. The highest BCUT2D eigenvalue weighted by Gasteiger charge is 2.21. The Kier molecular flexibility index (Phi) is 6.47. The predicted octanol–water partition coefficient (Wildman–Crippen LogP) is 2.82. The van der Waals surface area contributed by atoms with Crippen molar-refractivity contribution in [2.75, 3.05) is 6.61 Å². The smallest absolute Gasteiger partial charge is 0.309 e. The summed E-state index contributed by atoms with van der Waals surface area (Å²) in [5.41, 5.74) is 0. The van der Waals surface area contributed by atoms with Crippen LogP contribution < -0.4 is 0 Å². The third-order valence-corrected chi connectivity index (χ3v) is 2.95. The molecular formula is C14H24N2O2. The Balaban J connectivity index is 2.69. The maximum Gasteiger partial charge on any atom is 0.309 e. The van der Waals surface area contributed by atoms with E-state index in [1.807, 2.05) is 13.1 Å². The SMILES string of the molecule is CCCC(Cc1nccn1CCC)C(=O)OCC. The summed E-state index contributed by atoms with van der Waals surface area (Å²) < 4.78 is 7.26. The van der Waals surface area contributed by atoms with Crippen LogP contribution in [0, 0.1) is 5.92 Å². The highest BCUT2D eigenvalue weighted by molar-refractivity contribution is 5.72. The van der Waals surface area contributed by atoms with Crippen LogP contribution in [-0.4, -0.2) is 22.1 Å². The Bertz CT molecular complexity index is 360. The van der Waals surface area contributed by atoms with E-state index in [-0.39, 0.29) is 11.9 Å². The number of aryl methyl sites for hydroxylation is 1. The van der Waals surface area contributed by atoms with E-state index in [0.29, 0.717) is 13.0 Å². The molecule has 0 amide bonds. The molecule has 4 heteroatoms. The van der Waals surface area contributed by atoms with E-state index in [0.717, 1.165) is 31.6 Å². The second-order valence-electron chi connectivity index (χ2n) is 4.48. The lowest BCUT2D eigenvalue weighted by atomic mass is 9.99. The molecule has 1 aromatic rings. The number of ether oxygens (including phenoxy) is 1. The van der Waals surface area contributed by atoms with Crippen molar-refractivity contribution in [3.8, 4) is 0 Å². The molecule has 4 nitrogen and oxygen atoms in total. The summed E-state index contributed by atoms with van der Waals surface area (Å²) in [6, 6.07) is 0. The first-order chi connectivity index (χ1) is 8.72. The molecule has 1 unspecified atom stereocenters. The summed E-state index contributed by atoms with van der Waals surface area (Å²) in [7, 11) is 0. The van der Waals surface area contributed by atoms with Crippen LogP contribution in [0.5, 0.6) is 0 Å². The van der Waals surface area contributed by atoms with Crippen LogP contribution in [0.25, 0.3) is 0 Å².